The van der Waals surface area contributed by atoms with Crippen molar-refractivity contribution in [1.29, 1.82) is 0 Å². The largest absolute Gasteiger partial charge is 0.490 e. The Kier molecular flexibility index (Phi) is 4.74. The van der Waals surface area contributed by atoms with Crippen LogP contribution in [0.5, 0.6) is 5.75 Å². The van der Waals surface area contributed by atoms with Crippen molar-refractivity contribution in [2.75, 3.05) is 31.6 Å². The lowest BCUT2D eigenvalue weighted by Gasteiger charge is -2.19. The van der Waals surface area contributed by atoms with Gasteiger partial charge in [-0.05, 0) is 43.6 Å². The average Bonchev–Trinajstić information content (AvgIpc) is 3.04. The zero-order valence-corrected chi connectivity index (χ0v) is 12.2. The second-order valence-electron chi connectivity index (χ2n) is 5.26. The molecule has 2 aromatic rings. The van der Waals surface area contributed by atoms with Gasteiger partial charge in [0.05, 0.1) is 12.0 Å². The Morgan fingerprint density at radius 2 is 2.33 bits per heavy atom. The molecule has 0 spiro atoms. The molecule has 2 heterocycles. The number of benzene rings is 1. The summed E-state index contributed by atoms with van der Waals surface area (Å²) in [7, 11) is 0. The summed E-state index contributed by atoms with van der Waals surface area (Å²) in [6.45, 7) is 4.70. The molecule has 1 aliphatic heterocycles. The van der Waals surface area contributed by atoms with Crippen molar-refractivity contribution in [2.45, 2.75) is 19.4 Å². The molecule has 3 rings (SSSR count). The summed E-state index contributed by atoms with van der Waals surface area (Å²) >= 11 is 0. The maximum absolute atomic E-state index is 5.59. The molecule has 21 heavy (non-hydrogen) atoms. The van der Waals surface area contributed by atoms with Gasteiger partial charge in [0, 0.05) is 25.5 Å². The molecule has 0 aliphatic carbocycles. The molecule has 5 nitrogen and oxygen atoms in total. The van der Waals surface area contributed by atoms with Crippen LogP contribution in [0.25, 0.3) is 0 Å². The SMILES string of the molecule is c1cn(CCCNCCc2ccc3c(c2)NCCO3)cn1. The quantitative estimate of drug-likeness (QED) is 0.763. The van der Waals surface area contributed by atoms with Crippen LogP contribution in [0.4, 0.5) is 5.69 Å². The van der Waals surface area contributed by atoms with Crippen LogP contribution in [0.2, 0.25) is 0 Å². The van der Waals surface area contributed by atoms with Gasteiger partial charge in [-0.25, -0.2) is 4.98 Å². The first kappa shape index (κ1) is 13.9. The molecule has 0 bridgehead atoms. The number of aryl methyl sites for hydroxylation is 1. The summed E-state index contributed by atoms with van der Waals surface area (Å²) in [6.07, 6.45) is 7.85. The molecule has 0 saturated carbocycles. The summed E-state index contributed by atoms with van der Waals surface area (Å²) in [5, 5.41) is 6.87. The lowest BCUT2D eigenvalue weighted by Crippen LogP contribution is -2.20. The lowest BCUT2D eigenvalue weighted by atomic mass is 10.1. The summed E-state index contributed by atoms with van der Waals surface area (Å²) in [6, 6.07) is 6.41. The van der Waals surface area contributed by atoms with Crippen LogP contribution in [0, 0.1) is 0 Å². The van der Waals surface area contributed by atoms with E-state index in [9.17, 15) is 0 Å². The topological polar surface area (TPSA) is 51.1 Å². The molecule has 1 aromatic carbocycles. The van der Waals surface area contributed by atoms with E-state index in [1.165, 1.54) is 5.56 Å². The molecular formula is C16H22N4O. The van der Waals surface area contributed by atoms with Gasteiger partial charge in [0.15, 0.2) is 0 Å². The summed E-state index contributed by atoms with van der Waals surface area (Å²) in [4.78, 5) is 4.04. The third kappa shape index (κ3) is 3.98. The minimum Gasteiger partial charge on any atom is -0.490 e. The molecule has 0 fully saturated rings. The normalized spacial score (nSPS) is 13.3. The van der Waals surface area contributed by atoms with Gasteiger partial charge in [0.1, 0.15) is 12.4 Å². The standard InChI is InChI=1S/C16H22N4O/c1(9-20-10-7-18-13-20)5-17-6-4-14-2-3-16-15(12-14)19-8-11-21-16/h2-3,7,10,12-13,17,19H,1,4-6,8-9,11H2. The molecular weight excluding hydrogens is 264 g/mol. The third-order valence-electron chi connectivity index (χ3n) is 3.64. The van der Waals surface area contributed by atoms with Gasteiger partial charge in [-0.3, -0.25) is 0 Å². The van der Waals surface area contributed by atoms with Gasteiger partial charge < -0.3 is 19.9 Å². The summed E-state index contributed by atoms with van der Waals surface area (Å²) < 4.78 is 7.69. The van der Waals surface area contributed by atoms with Crippen LogP contribution in [-0.4, -0.2) is 35.8 Å². The van der Waals surface area contributed by atoms with Crippen LogP contribution in [0.3, 0.4) is 0 Å². The summed E-state index contributed by atoms with van der Waals surface area (Å²) in [5.74, 6) is 0.971. The predicted octanol–water partition coefficient (Wildman–Crippen LogP) is 1.91. The number of anilines is 1. The number of hydrogen-bond acceptors (Lipinski definition) is 4. The van der Waals surface area contributed by atoms with Gasteiger partial charge >= 0.3 is 0 Å². The second-order valence-corrected chi connectivity index (χ2v) is 5.26. The number of ether oxygens (including phenoxy) is 1. The second kappa shape index (κ2) is 7.13. The highest BCUT2D eigenvalue weighted by atomic mass is 16.5. The number of imidazole rings is 1. The van der Waals surface area contributed by atoms with Crippen LogP contribution >= 0.6 is 0 Å². The van der Waals surface area contributed by atoms with Crippen LogP contribution in [-0.2, 0) is 13.0 Å². The molecule has 0 radical (unpaired) electrons. The summed E-state index contributed by atoms with van der Waals surface area (Å²) in [5.41, 5.74) is 2.47. The van der Waals surface area contributed by atoms with E-state index in [-0.39, 0.29) is 0 Å². The Labute approximate surface area is 125 Å². The number of fused-ring (bicyclic) bond motifs is 1. The molecule has 2 N–H and O–H groups in total. The Morgan fingerprint density at radius 3 is 3.24 bits per heavy atom. The Bertz CT molecular complexity index is 553. The van der Waals surface area contributed by atoms with Crippen molar-refractivity contribution in [1.82, 2.24) is 14.9 Å². The third-order valence-corrected chi connectivity index (χ3v) is 3.64. The maximum Gasteiger partial charge on any atom is 0.142 e. The number of rotatable bonds is 7. The highest BCUT2D eigenvalue weighted by Crippen LogP contribution is 2.27. The monoisotopic (exact) mass is 286 g/mol. The molecule has 5 heteroatoms. The van der Waals surface area contributed by atoms with E-state index in [2.05, 4.69) is 38.4 Å². The van der Waals surface area contributed by atoms with E-state index in [0.29, 0.717) is 0 Å². The van der Waals surface area contributed by atoms with Gasteiger partial charge in [-0.1, -0.05) is 6.07 Å². The lowest BCUT2D eigenvalue weighted by molar-refractivity contribution is 0.323. The molecule has 0 unspecified atom stereocenters. The molecule has 1 aromatic heterocycles. The maximum atomic E-state index is 5.59. The number of hydrogen-bond donors (Lipinski definition) is 2. The van der Waals surface area contributed by atoms with Crippen molar-refractivity contribution < 1.29 is 4.74 Å². The highest BCUT2D eigenvalue weighted by Gasteiger charge is 2.09. The molecule has 1 aliphatic rings. The number of aromatic nitrogens is 2. The first-order chi connectivity index (χ1) is 10.4. The minimum absolute atomic E-state index is 0.755. The van der Waals surface area contributed by atoms with Crippen molar-refractivity contribution in [3.05, 3.63) is 42.5 Å². The van der Waals surface area contributed by atoms with E-state index < -0.39 is 0 Å². The molecule has 0 amide bonds. The van der Waals surface area contributed by atoms with Crippen molar-refractivity contribution in [3.63, 3.8) is 0 Å². The fourth-order valence-electron chi connectivity index (χ4n) is 2.51. The smallest absolute Gasteiger partial charge is 0.142 e. The average molecular weight is 286 g/mol. The van der Waals surface area contributed by atoms with Gasteiger partial charge in [0.25, 0.3) is 0 Å². The molecule has 112 valence electrons. The molecule has 0 atom stereocenters. The van der Waals surface area contributed by atoms with Gasteiger partial charge in [-0.2, -0.15) is 0 Å². The zero-order chi connectivity index (χ0) is 14.3. The zero-order valence-electron chi connectivity index (χ0n) is 12.2. The van der Waals surface area contributed by atoms with Crippen LogP contribution in [0.1, 0.15) is 12.0 Å². The number of nitrogens with one attached hydrogen (secondary N) is 2. The number of nitrogens with zero attached hydrogens (tertiary/aromatic N) is 2. The fraction of sp³-hybridized carbons (Fsp3) is 0.438. The Morgan fingerprint density at radius 1 is 1.33 bits per heavy atom. The van der Waals surface area contributed by atoms with Crippen LogP contribution < -0.4 is 15.4 Å². The van der Waals surface area contributed by atoms with Gasteiger partial charge in [0.2, 0.25) is 0 Å². The van der Waals surface area contributed by atoms with E-state index in [4.69, 9.17) is 4.74 Å². The van der Waals surface area contributed by atoms with Crippen molar-refractivity contribution in [3.8, 4) is 5.75 Å². The predicted molar refractivity (Wildman–Crippen MR) is 83.8 cm³/mol. The van der Waals surface area contributed by atoms with Crippen molar-refractivity contribution in [2.24, 2.45) is 0 Å². The van der Waals surface area contributed by atoms with E-state index >= 15 is 0 Å². The fourth-order valence-corrected chi connectivity index (χ4v) is 2.51. The van der Waals surface area contributed by atoms with E-state index in [0.717, 1.165) is 57.1 Å². The minimum atomic E-state index is 0.755. The first-order valence-electron chi connectivity index (χ1n) is 7.58. The molecule has 0 saturated heterocycles. The first-order valence-corrected chi connectivity index (χ1v) is 7.58. The van der Waals surface area contributed by atoms with E-state index in [1.54, 1.807) is 0 Å². The Hall–Kier alpha value is -2.01. The van der Waals surface area contributed by atoms with Crippen molar-refractivity contribution >= 4 is 5.69 Å². The Balaban J connectivity index is 1.35. The van der Waals surface area contributed by atoms with E-state index in [1.807, 2.05) is 18.7 Å². The van der Waals surface area contributed by atoms with Crippen LogP contribution in [0.15, 0.2) is 36.9 Å². The highest BCUT2D eigenvalue weighted by molar-refractivity contribution is 5.59. The van der Waals surface area contributed by atoms with Gasteiger partial charge in [-0.15, -0.1) is 0 Å².